The summed E-state index contributed by atoms with van der Waals surface area (Å²) in [7, 11) is 0. The first-order valence-electron chi connectivity index (χ1n) is 12.7. The number of benzene rings is 1. The van der Waals surface area contributed by atoms with Crippen molar-refractivity contribution in [3.8, 4) is 11.1 Å². The van der Waals surface area contributed by atoms with E-state index < -0.39 is 0 Å². The van der Waals surface area contributed by atoms with Crippen molar-refractivity contribution in [1.82, 2.24) is 30.3 Å². The number of piperidine rings is 1. The monoisotopic (exact) mass is 476 g/mol. The Bertz CT molecular complexity index is 1170. The van der Waals surface area contributed by atoms with Crippen molar-refractivity contribution in [2.75, 3.05) is 39.4 Å². The highest BCUT2D eigenvalue weighted by molar-refractivity contribution is 6.05. The van der Waals surface area contributed by atoms with Crippen LogP contribution in [-0.4, -0.2) is 81.9 Å². The number of aromatic nitrogens is 3. The van der Waals surface area contributed by atoms with Gasteiger partial charge in [0.2, 0.25) is 0 Å². The van der Waals surface area contributed by atoms with Crippen LogP contribution in [0.25, 0.3) is 22.0 Å². The van der Waals surface area contributed by atoms with Crippen LogP contribution in [0.4, 0.5) is 0 Å². The zero-order chi connectivity index (χ0) is 24.4. The summed E-state index contributed by atoms with van der Waals surface area (Å²) < 4.78 is 5.46. The number of hydrogen-bond donors (Lipinski definition) is 2. The number of aromatic amines is 1. The molecule has 0 bridgehead atoms. The molecule has 1 aromatic carbocycles. The van der Waals surface area contributed by atoms with Crippen LogP contribution < -0.4 is 5.32 Å². The molecule has 5 rings (SSSR count). The van der Waals surface area contributed by atoms with E-state index in [-0.39, 0.29) is 17.5 Å². The quantitative estimate of drug-likeness (QED) is 0.587. The zero-order valence-corrected chi connectivity index (χ0v) is 21.0. The third-order valence-electron chi connectivity index (χ3n) is 7.19. The van der Waals surface area contributed by atoms with E-state index in [1.807, 2.05) is 24.5 Å². The first kappa shape index (κ1) is 23.9. The summed E-state index contributed by atoms with van der Waals surface area (Å²) in [5, 5.41) is 11.4. The number of fused-ring (bicyclic) bond motifs is 1. The number of H-pyrrole nitrogens is 1. The van der Waals surface area contributed by atoms with E-state index in [9.17, 15) is 4.79 Å². The van der Waals surface area contributed by atoms with Gasteiger partial charge in [-0.2, -0.15) is 5.10 Å². The molecule has 8 nitrogen and oxygen atoms in total. The second-order valence-corrected chi connectivity index (χ2v) is 10.7. The predicted octanol–water partition coefficient (Wildman–Crippen LogP) is 3.45. The maximum atomic E-state index is 13.2. The summed E-state index contributed by atoms with van der Waals surface area (Å²) in [6.45, 7) is 13.0. The van der Waals surface area contributed by atoms with Gasteiger partial charge in [-0.25, -0.2) is 0 Å². The molecule has 2 aliphatic heterocycles. The number of carbonyl (C=O) groups excluding carboxylic acids is 1. The summed E-state index contributed by atoms with van der Waals surface area (Å²) in [4.78, 5) is 22.5. The average molecular weight is 477 g/mol. The van der Waals surface area contributed by atoms with Crippen molar-refractivity contribution in [3.63, 3.8) is 0 Å². The Morgan fingerprint density at radius 3 is 2.60 bits per heavy atom. The third kappa shape index (κ3) is 5.55. The van der Waals surface area contributed by atoms with Gasteiger partial charge in [-0.3, -0.25) is 24.7 Å². The Balaban J connectivity index is 1.30. The Morgan fingerprint density at radius 1 is 1.09 bits per heavy atom. The normalized spacial score (nSPS) is 18.7. The molecule has 1 amide bonds. The third-order valence-corrected chi connectivity index (χ3v) is 7.19. The zero-order valence-electron chi connectivity index (χ0n) is 21.0. The number of carbonyl (C=O) groups is 1. The van der Waals surface area contributed by atoms with E-state index >= 15 is 0 Å². The van der Waals surface area contributed by atoms with E-state index in [4.69, 9.17) is 4.74 Å². The van der Waals surface area contributed by atoms with Crippen molar-refractivity contribution >= 4 is 16.8 Å². The minimum Gasteiger partial charge on any atom is -0.379 e. The van der Waals surface area contributed by atoms with Crippen molar-refractivity contribution in [3.05, 3.63) is 47.9 Å². The number of ether oxygens (including phenoxy) is 1. The Labute approximate surface area is 207 Å². The van der Waals surface area contributed by atoms with Crippen LogP contribution in [-0.2, 0) is 11.3 Å². The standard InChI is InChI=1S/C27H36N6O2/c1-27(2,3)33-8-6-22(7-9-33)29-26(34)25-23-15-20(4-5-24(23)30-31-25)21-14-19(16-28-17-21)18-32-10-12-35-13-11-32/h4-5,14-17,22H,6-13,18H2,1-3H3,(H,29,34)(H,30,31). The maximum Gasteiger partial charge on any atom is 0.272 e. The van der Waals surface area contributed by atoms with Gasteiger partial charge in [0.05, 0.1) is 18.7 Å². The van der Waals surface area contributed by atoms with Crippen LogP contribution in [0.2, 0.25) is 0 Å². The molecular weight excluding hydrogens is 440 g/mol. The van der Waals surface area contributed by atoms with Gasteiger partial charge in [-0.1, -0.05) is 6.07 Å². The minimum atomic E-state index is -0.109. The van der Waals surface area contributed by atoms with Gasteiger partial charge in [0.15, 0.2) is 5.69 Å². The summed E-state index contributed by atoms with van der Waals surface area (Å²) in [5.41, 5.74) is 4.73. The lowest BCUT2D eigenvalue weighted by Gasteiger charge is -2.40. The number of amides is 1. The lowest BCUT2D eigenvalue weighted by Crippen LogP contribution is -2.50. The summed E-state index contributed by atoms with van der Waals surface area (Å²) in [5.74, 6) is -0.109. The SMILES string of the molecule is CC(C)(C)N1CCC(NC(=O)c2n[nH]c3ccc(-c4cncc(CN5CCOCC5)c4)cc23)CC1. The molecule has 35 heavy (non-hydrogen) atoms. The van der Waals surface area contributed by atoms with E-state index in [0.29, 0.717) is 5.69 Å². The topological polar surface area (TPSA) is 86.4 Å². The smallest absolute Gasteiger partial charge is 0.272 e. The molecular formula is C27H36N6O2. The molecule has 0 spiro atoms. The average Bonchev–Trinajstić information content (AvgIpc) is 3.28. The maximum absolute atomic E-state index is 13.2. The number of morpholine rings is 1. The molecule has 0 aliphatic carbocycles. The lowest BCUT2D eigenvalue weighted by atomic mass is 9.98. The van der Waals surface area contributed by atoms with Crippen molar-refractivity contribution < 1.29 is 9.53 Å². The summed E-state index contributed by atoms with van der Waals surface area (Å²) in [6, 6.07) is 8.46. The molecule has 0 atom stereocenters. The summed E-state index contributed by atoms with van der Waals surface area (Å²) >= 11 is 0. The Morgan fingerprint density at radius 2 is 1.86 bits per heavy atom. The molecule has 2 N–H and O–H groups in total. The van der Waals surface area contributed by atoms with E-state index in [1.165, 1.54) is 5.56 Å². The van der Waals surface area contributed by atoms with Crippen molar-refractivity contribution in [2.24, 2.45) is 0 Å². The number of pyridine rings is 1. The fourth-order valence-corrected chi connectivity index (χ4v) is 5.06. The van der Waals surface area contributed by atoms with Gasteiger partial charge in [0, 0.05) is 67.6 Å². The van der Waals surface area contributed by atoms with Gasteiger partial charge < -0.3 is 10.1 Å². The predicted molar refractivity (Wildman–Crippen MR) is 137 cm³/mol. The molecule has 4 heterocycles. The number of likely N-dealkylation sites (tertiary alicyclic amines) is 1. The molecule has 186 valence electrons. The fourth-order valence-electron chi connectivity index (χ4n) is 5.06. The fraction of sp³-hybridized carbons (Fsp3) is 0.519. The summed E-state index contributed by atoms with van der Waals surface area (Å²) in [6.07, 6.45) is 5.72. The molecule has 0 unspecified atom stereocenters. The highest BCUT2D eigenvalue weighted by Gasteiger charge is 2.28. The van der Waals surface area contributed by atoms with Crippen LogP contribution in [0.1, 0.15) is 49.7 Å². The van der Waals surface area contributed by atoms with Crippen LogP contribution in [0, 0.1) is 0 Å². The number of nitrogens with zero attached hydrogens (tertiary/aromatic N) is 4. The van der Waals surface area contributed by atoms with Crippen LogP contribution in [0.3, 0.4) is 0 Å². The second-order valence-electron chi connectivity index (χ2n) is 10.7. The van der Waals surface area contributed by atoms with E-state index in [0.717, 1.165) is 80.8 Å². The van der Waals surface area contributed by atoms with Crippen LogP contribution in [0.15, 0.2) is 36.7 Å². The molecule has 0 radical (unpaired) electrons. The van der Waals surface area contributed by atoms with E-state index in [2.05, 4.69) is 63.2 Å². The van der Waals surface area contributed by atoms with Crippen molar-refractivity contribution in [1.29, 1.82) is 0 Å². The van der Waals surface area contributed by atoms with Gasteiger partial charge >= 0.3 is 0 Å². The molecule has 3 aromatic rings. The highest BCUT2D eigenvalue weighted by Crippen LogP contribution is 2.27. The van der Waals surface area contributed by atoms with Crippen molar-refractivity contribution in [2.45, 2.75) is 51.7 Å². The second kappa shape index (κ2) is 10.0. The van der Waals surface area contributed by atoms with Gasteiger partial charge in [-0.05, 0) is 62.9 Å². The van der Waals surface area contributed by atoms with Crippen LogP contribution >= 0.6 is 0 Å². The Kier molecular flexibility index (Phi) is 6.86. The first-order chi connectivity index (χ1) is 16.9. The van der Waals surface area contributed by atoms with Crippen LogP contribution in [0.5, 0.6) is 0 Å². The number of rotatable bonds is 5. The Hall–Kier alpha value is -2.81. The number of hydrogen-bond acceptors (Lipinski definition) is 6. The van der Waals surface area contributed by atoms with Gasteiger partial charge in [0.1, 0.15) is 0 Å². The molecule has 2 aliphatic rings. The lowest BCUT2D eigenvalue weighted by molar-refractivity contribution is 0.0341. The first-order valence-corrected chi connectivity index (χ1v) is 12.7. The van der Waals surface area contributed by atoms with Gasteiger partial charge in [0.25, 0.3) is 5.91 Å². The molecule has 2 fully saturated rings. The number of nitrogens with one attached hydrogen (secondary N) is 2. The van der Waals surface area contributed by atoms with Gasteiger partial charge in [-0.15, -0.1) is 0 Å². The largest absolute Gasteiger partial charge is 0.379 e. The molecule has 2 aromatic heterocycles. The molecule has 8 heteroatoms. The molecule has 0 saturated carbocycles. The molecule has 2 saturated heterocycles. The highest BCUT2D eigenvalue weighted by atomic mass is 16.5. The van der Waals surface area contributed by atoms with E-state index in [1.54, 1.807) is 0 Å². The minimum absolute atomic E-state index is 0.109.